The van der Waals surface area contributed by atoms with Crippen LogP contribution in [0.15, 0.2) is 34.9 Å². The summed E-state index contributed by atoms with van der Waals surface area (Å²) in [5.41, 5.74) is 0.976. The summed E-state index contributed by atoms with van der Waals surface area (Å²) in [6, 6.07) is 4.35. The Morgan fingerprint density at radius 2 is 2.04 bits per heavy atom. The number of ether oxygens (including phenoxy) is 1. The molecule has 2 heterocycles. The van der Waals surface area contributed by atoms with Gasteiger partial charge in [-0.2, -0.15) is 0 Å². The topological polar surface area (TPSA) is 42.4 Å². The lowest BCUT2D eigenvalue weighted by atomic mass is 10.0. The van der Waals surface area contributed by atoms with Gasteiger partial charge in [-0.3, -0.25) is 9.78 Å². The van der Waals surface area contributed by atoms with E-state index in [1.165, 1.54) is 4.90 Å². The Morgan fingerprint density at radius 1 is 1.28 bits per heavy atom. The fraction of sp³-hybridized carbons (Fsp3) is 0.250. The molecule has 0 unspecified atom stereocenters. The molecule has 0 bridgehead atoms. The van der Waals surface area contributed by atoms with E-state index < -0.39 is 17.9 Å². The lowest BCUT2D eigenvalue weighted by Crippen LogP contribution is -2.37. The van der Waals surface area contributed by atoms with Gasteiger partial charge >= 0.3 is 6.36 Å². The van der Waals surface area contributed by atoms with Gasteiger partial charge in [0.25, 0.3) is 5.91 Å². The lowest BCUT2D eigenvalue weighted by Gasteiger charge is -2.28. The van der Waals surface area contributed by atoms with E-state index in [0.29, 0.717) is 28.7 Å². The Kier molecular flexibility index (Phi) is 4.68. The maximum absolute atomic E-state index is 13.9. The Hall–Kier alpha value is -2.16. The van der Waals surface area contributed by atoms with Crippen LogP contribution in [0, 0.1) is 5.82 Å². The average Bonchev–Trinajstić information content (AvgIpc) is 2.52. The molecule has 0 atom stereocenters. The van der Waals surface area contributed by atoms with E-state index in [1.54, 1.807) is 12.3 Å². The quantitative estimate of drug-likeness (QED) is 0.705. The molecule has 1 aliphatic rings. The summed E-state index contributed by atoms with van der Waals surface area (Å²) in [7, 11) is 0. The highest BCUT2D eigenvalue weighted by Crippen LogP contribution is 2.27. The largest absolute Gasteiger partial charge is 0.573 e. The number of hydrogen-bond acceptors (Lipinski definition) is 3. The minimum Gasteiger partial charge on any atom is -0.406 e. The zero-order valence-corrected chi connectivity index (χ0v) is 14.2. The van der Waals surface area contributed by atoms with Crippen molar-refractivity contribution in [2.24, 2.45) is 0 Å². The van der Waals surface area contributed by atoms with E-state index in [1.807, 2.05) is 0 Å². The SMILES string of the molecule is O=C1c2cc(Br)cnc2CCN1Cc1cc(OC(F)(F)F)ccc1F. The monoisotopic (exact) mass is 418 g/mol. The molecule has 25 heavy (non-hydrogen) atoms. The molecule has 0 fully saturated rings. The van der Waals surface area contributed by atoms with Crippen LogP contribution in [0.5, 0.6) is 5.75 Å². The summed E-state index contributed by atoms with van der Waals surface area (Å²) in [6.45, 7) is 0.135. The second kappa shape index (κ2) is 6.62. The summed E-state index contributed by atoms with van der Waals surface area (Å²) < 4.78 is 55.3. The molecule has 2 aromatic rings. The lowest BCUT2D eigenvalue weighted by molar-refractivity contribution is -0.274. The highest BCUT2D eigenvalue weighted by molar-refractivity contribution is 9.10. The molecule has 0 radical (unpaired) electrons. The number of amides is 1. The molecule has 0 spiro atoms. The minimum atomic E-state index is -4.87. The van der Waals surface area contributed by atoms with Gasteiger partial charge in [0, 0.05) is 35.7 Å². The number of rotatable bonds is 3. The van der Waals surface area contributed by atoms with Crippen molar-refractivity contribution in [3.05, 3.63) is 57.6 Å². The van der Waals surface area contributed by atoms with Gasteiger partial charge in [-0.1, -0.05) is 0 Å². The first-order valence-corrected chi connectivity index (χ1v) is 8.00. The smallest absolute Gasteiger partial charge is 0.406 e. The van der Waals surface area contributed by atoms with Crippen molar-refractivity contribution in [3.63, 3.8) is 0 Å². The van der Waals surface area contributed by atoms with E-state index in [0.717, 1.165) is 18.2 Å². The van der Waals surface area contributed by atoms with Gasteiger partial charge in [0.15, 0.2) is 0 Å². The normalized spacial score (nSPS) is 14.4. The number of aromatic nitrogens is 1. The Morgan fingerprint density at radius 3 is 2.76 bits per heavy atom. The fourth-order valence-electron chi connectivity index (χ4n) is 2.59. The minimum absolute atomic E-state index is 0.0542. The van der Waals surface area contributed by atoms with Crippen molar-refractivity contribution in [2.45, 2.75) is 19.3 Å². The van der Waals surface area contributed by atoms with Crippen molar-refractivity contribution in [2.75, 3.05) is 6.54 Å². The van der Waals surface area contributed by atoms with Gasteiger partial charge in [0.1, 0.15) is 11.6 Å². The van der Waals surface area contributed by atoms with Gasteiger partial charge in [-0.25, -0.2) is 4.39 Å². The van der Waals surface area contributed by atoms with E-state index in [-0.39, 0.29) is 18.0 Å². The maximum Gasteiger partial charge on any atom is 0.573 e. The van der Waals surface area contributed by atoms with Crippen molar-refractivity contribution in [1.82, 2.24) is 9.88 Å². The fourth-order valence-corrected chi connectivity index (χ4v) is 2.92. The van der Waals surface area contributed by atoms with Gasteiger partial charge in [-0.15, -0.1) is 13.2 Å². The second-order valence-electron chi connectivity index (χ2n) is 5.43. The van der Waals surface area contributed by atoms with Crippen LogP contribution in [0.4, 0.5) is 17.6 Å². The second-order valence-corrected chi connectivity index (χ2v) is 6.34. The number of carbonyl (C=O) groups excluding carboxylic acids is 1. The first-order chi connectivity index (χ1) is 11.7. The van der Waals surface area contributed by atoms with Crippen LogP contribution >= 0.6 is 15.9 Å². The summed E-state index contributed by atoms with van der Waals surface area (Å²) in [5, 5.41) is 0. The number of benzene rings is 1. The molecule has 3 rings (SSSR count). The van der Waals surface area contributed by atoms with E-state index >= 15 is 0 Å². The standard InChI is InChI=1S/C16H11BrF4N2O2/c17-10-6-12-14(22-7-10)3-4-23(15(12)24)8-9-5-11(1-2-13(9)18)25-16(19,20)21/h1-2,5-7H,3-4,8H2. The third-order valence-corrected chi connectivity index (χ3v) is 4.12. The van der Waals surface area contributed by atoms with Crippen LogP contribution in [0.25, 0.3) is 0 Å². The molecular formula is C16H11BrF4N2O2. The van der Waals surface area contributed by atoms with Gasteiger partial charge in [0.2, 0.25) is 0 Å². The van der Waals surface area contributed by atoms with Crippen LogP contribution in [0.2, 0.25) is 0 Å². The number of halogens is 5. The predicted octanol–water partition coefficient (Wildman–Crippen LogP) is 4.08. The number of fused-ring (bicyclic) bond motifs is 1. The molecule has 0 saturated carbocycles. The molecule has 9 heteroatoms. The zero-order chi connectivity index (χ0) is 18.2. The van der Waals surface area contributed by atoms with Crippen molar-refractivity contribution in [1.29, 1.82) is 0 Å². The molecule has 4 nitrogen and oxygen atoms in total. The summed E-state index contributed by atoms with van der Waals surface area (Å²) in [6.07, 6.45) is -2.80. The molecule has 1 aromatic heterocycles. The number of carbonyl (C=O) groups is 1. The van der Waals surface area contributed by atoms with Crippen LogP contribution in [-0.4, -0.2) is 28.7 Å². The highest BCUT2D eigenvalue weighted by Gasteiger charge is 2.32. The Labute approximate surface area is 148 Å². The van der Waals surface area contributed by atoms with Crippen molar-refractivity contribution < 1.29 is 27.1 Å². The predicted molar refractivity (Wildman–Crippen MR) is 83.5 cm³/mol. The van der Waals surface area contributed by atoms with E-state index in [2.05, 4.69) is 25.7 Å². The van der Waals surface area contributed by atoms with Gasteiger partial charge < -0.3 is 9.64 Å². The Bertz CT molecular complexity index is 826. The summed E-state index contributed by atoms with van der Waals surface area (Å²) in [4.78, 5) is 18.1. The molecule has 1 aliphatic heterocycles. The third kappa shape index (κ3) is 4.09. The van der Waals surface area contributed by atoms with Crippen molar-refractivity contribution >= 4 is 21.8 Å². The molecule has 1 amide bonds. The molecule has 0 saturated heterocycles. The van der Waals surface area contributed by atoms with E-state index in [4.69, 9.17) is 0 Å². The van der Waals surface area contributed by atoms with Crippen molar-refractivity contribution in [3.8, 4) is 5.75 Å². The number of pyridine rings is 1. The molecule has 132 valence electrons. The van der Waals surface area contributed by atoms with Crippen LogP contribution in [-0.2, 0) is 13.0 Å². The zero-order valence-electron chi connectivity index (χ0n) is 12.6. The number of nitrogens with zero attached hydrogens (tertiary/aromatic N) is 2. The average molecular weight is 419 g/mol. The molecule has 0 aliphatic carbocycles. The first-order valence-electron chi connectivity index (χ1n) is 7.21. The Balaban J connectivity index is 1.83. The van der Waals surface area contributed by atoms with Crippen LogP contribution < -0.4 is 4.74 Å². The number of alkyl halides is 3. The van der Waals surface area contributed by atoms with Crippen LogP contribution in [0.1, 0.15) is 21.6 Å². The number of hydrogen-bond donors (Lipinski definition) is 0. The van der Waals surface area contributed by atoms with E-state index in [9.17, 15) is 22.4 Å². The highest BCUT2D eigenvalue weighted by atomic mass is 79.9. The van der Waals surface area contributed by atoms with Crippen LogP contribution in [0.3, 0.4) is 0 Å². The molecule has 1 aromatic carbocycles. The third-order valence-electron chi connectivity index (χ3n) is 3.68. The summed E-state index contributed by atoms with van der Waals surface area (Å²) >= 11 is 3.24. The first kappa shape index (κ1) is 17.7. The maximum atomic E-state index is 13.9. The molecular weight excluding hydrogens is 408 g/mol. The summed E-state index contributed by atoms with van der Waals surface area (Å²) in [5.74, 6) is -1.59. The van der Waals surface area contributed by atoms with Gasteiger partial charge in [-0.05, 0) is 40.2 Å². The molecule has 0 N–H and O–H groups in total. The van der Waals surface area contributed by atoms with Gasteiger partial charge in [0.05, 0.1) is 11.3 Å².